The van der Waals surface area contributed by atoms with Crippen LogP contribution in [0.4, 0.5) is 5.13 Å². The monoisotopic (exact) mass is 186 g/mol. The van der Waals surface area contributed by atoms with Gasteiger partial charge in [0.25, 0.3) is 0 Å². The van der Waals surface area contributed by atoms with Crippen molar-refractivity contribution in [3.05, 3.63) is 5.51 Å². The molecular formula is C7H14N4S. The van der Waals surface area contributed by atoms with Gasteiger partial charge in [-0.1, -0.05) is 11.3 Å². The van der Waals surface area contributed by atoms with Gasteiger partial charge in [-0.15, -0.1) is 10.2 Å². The lowest BCUT2D eigenvalue weighted by Crippen LogP contribution is -2.16. The largest absolute Gasteiger partial charge is 0.360 e. The Hall–Kier alpha value is -0.680. The molecule has 0 atom stereocenters. The van der Waals surface area contributed by atoms with Crippen molar-refractivity contribution < 1.29 is 0 Å². The van der Waals surface area contributed by atoms with Crippen molar-refractivity contribution in [1.29, 1.82) is 0 Å². The number of nitrogens with zero attached hydrogens (tertiary/aromatic N) is 3. The van der Waals surface area contributed by atoms with E-state index in [0.717, 1.165) is 24.6 Å². The quantitative estimate of drug-likeness (QED) is 0.694. The van der Waals surface area contributed by atoms with Crippen LogP contribution in [0.15, 0.2) is 5.51 Å². The van der Waals surface area contributed by atoms with Crippen molar-refractivity contribution in [2.75, 3.05) is 32.5 Å². The molecule has 4 nitrogen and oxygen atoms in total. The van der Waals surface area contributed by atoms with E-state index in [1.807, 2.05) is 0 Å². The number of hydrogen-bond donors (Lipinski definition) is 1. The van der Waals surface area contributed by atoms with Gasteiger partial charge >= 0.3 is 0 Å². The van der Waals surface area contributed by atoms with Crippen LogP contribution in [-0.4, -0.2) is 42.3 Å². The lowest BCUT2D eigenvalue weighted by molar-refractivity contribution is 0.405. The van der Waals surface area contributed by atoms with Crippen LogP contribution in [0.25, 0.3) is 0 Å². The smallest absolute Gasteiger partial charge is 0.205 e. The molecule has 1 aromatic rings. The van der Waals surface area contributed by atoms with E-state index in [1.54, 1.807) is 5.51 Å². The summed E-state index contributed by atoms with van der Waals surface area (Å²) in [6.07, 6.45) is 1.13. The van der Waals surface area contributed by atoms with Gasteiger partial charge in [-0.3, -0.25) is 0 Å². The summed E-state index contributed by atoms with van der Waals surface area (Å²) >= 11 is 1.53. The first-order valence-electron chi connectivity index (χ1n) is 3.94. The zero-order valence-electron chi connectivity index (χ0n) is 7.45. The SMILES string of the molecule is CN(C)CCCNc1nncs1. The second kappa shape index (κ2) is 5.05. The molecule has 0 aliphatic carbocycles. The van der Waals surface area contributed by atoms with Gasteiger partial charge in [0.15, 0.2) is 0 Å². The summed E-state index contributed by atoms with van der Waals surface area (Å²) < 4.78 is 0. The van der Waals surface area contributed by atoms with E-state index in [9.17, 15) is 0 Å². The maximum atomic E-state index is 3.88. The highest BCUT2D eigenvalue weighted by atomic mass is 32.1. The van der Waals surface area contributed by atoms with E-state index in [4.69, 9.17) is 0 Å². The van der Waals surface area contributed by atoms with Gasteiger partial charge in [0.05, 0.1) is 0 Å². The molecule has 0 aliphatic heterocycles. The van der Waals surface area contributed by atoms with E-state index < -0.39 is 0 Å². The Balaban J connectivity index is 2.04. The highest BCUT2D eigenvalue weighted by Crippen LogP contribution is 2.06. The molecule has 0 amide bonds. The lowest BCUT2D eigenvalue weighted by atomic mass is 10.4. The third-order valence-corrected chi connectivity index (χ3v) is 2.07. The molecule has 1 rings (SSSR count). The average Bonchev–Trinajstić information content (AvgIpc) is 2.49. The van der Waals surface area contributed by atoms with Crippen LogP contribution in [-0.2, 0) is 0 Å². The van der Waals surface area contributed by atoms with Gasteiger partial charge in [0.1, 0.15) is 5.51 Å². The molecular weight excluding hydrogens is 172 g/mol. The van der Waals surface area contributed by atoms with Crippen LogP contribution in [0.3, 0.4) is 0 Å². The summed E-state index contributed by atoms with van der Waals surface area (Å²) in [7, 11) is 4.15. The Bertz CT molecular complexity index is 197. The number of anilines is 1. The minimum atomic E-state index is 0.911. The molecule has 0 radical (unpaired) electrons. The van der Waals surface area contributed by atoms with E-state index in [2.05, 4.69) is 34.5 Å². The molecule has 0 spiro atoms. The molecule has 0 saturated carbocycles. The average molecular weight is 186 g/mol. The second-order valence-corrected chi connectivity index (χ2v) is 3.66. The van der Waals surface area contributed by atoms with E-state index in [1.165, 1.54) is 11.3 Å². The third-order valence-electron chi connectivity index (χ3n) is 1.42. The fraction of sp³-hybridized carbons (Fsp3) is 0.714. The minimum Gasteiger partial charge on any atom is -0.360 e. The number of aromatic nitrogens is 2. The summed E-state index contributed by atoms with van der Waals surface area (Å²) in [4.78, 5) is 2.17. The summed E-state index contributed by atoms with van der Waals surface area (Å²) in [5.41, 5.74) is 1.73. The number of rotatable bonds is 5. The Kier molecular flexibility index (Phi) is 3.96. The van der Waals surface area contributed by atoms with Crippen molar-refractivity contribution >= 4 is 16.5 Å². The van der Waals surface area contributed by atoms with Crippen LogP contribution in [0.5, 0.6) is 0 Å². The van der Waals surface area contributed by atoms with Gasteiger partial charge < -0.3 is 10.2 Å². The predicted molar refractivity (Wildman–Crippen MR) is 51.6 cm³/mol. The van der Waals surface area contributed by atoms with Crippen LogP contribution in [0.2, 0.25) is 0 Å². The summed E-state index contributed by atoms with van der Waals surface area (Å²) in [5, 5.41) is 11.7. The Labute approximate surface area is 76.6 Å². The van der Waals surface area contributed by atoms with E-state index >= 15 is 0 Å². The molecule has 0 fully saturated rings. The molecule has 0 unspecified atom stereocenters. The van der Waals surface area contributed by atoms with E-state index in [-0.39, 0.29) is 0 Å². The molecule has 0 bridgehead atoms. The van der Waals surface area contributed by atoms with Crippen molar-refractivity contribution in [3.8, 4) is 0 Å². The number of hydrogen-bond acceptors (Lipinski definition) is 5. The molecule has 0 saturated heterocycles. The molecule has 1 N–H and O–H groups in total. The molecule has 1 heterocycles. The van der Waals surface area contributed by atoms with Crippen molar-refractivity contribution in [3.63, 3.8) is 0 Å². The second-order valence-electron chi connectivity index (χ2n) is 2.83. The summed E-state index contributed by atoms with van der Waals surface area (Å²) in [6.45, 7) is 2.07. The Morgan fingerprint density at radius 1 is 1.58 bits per heavy atom. The highest BCUT2D eigenvalue weighted by molar-refractivity contribution is 7.13. The van der Waals surface area contributed by atoms with Crippen LogP contribution < -0.4 is 5.32 Å². The van der Waals surface area contributed by atoms with Crippen LogP contribution >= 0.6 is 11.3 Å². The highest BCUT2D eigenvalue weighted by Gasteiger charge is 1.94. The Morgan fingerprint density at radius 2 is 2.42 bits per heavy atom. The third kappa shape index (κ3) is 3.64. The fourth-order valence-corrected chi connectivity index (χ4v) is 1.31. The minimum absolute atomic E-state index is 0.911. The molecule has 1 aromatic heterocycles. The number of nitrogens with one attached hydrogen (secondary N) is 1. The zero-order valence-corrected chi connectivity index (χ0v) is 8.27. The predicted octanol–water partition coefficient (Wildman–Crippen LogP) is 0.902. The van der Waals surface area contributed by atoms with Crippen LogP contribution in [0.1, 0.15) is 6.42 Å². The topological polar surface area (TPSA) is 41.0 Å². The molecule has 0 aromatic carbocycles. The Morgan fingerprint density at radius 3 is 3.00 bits per heavy atom. The van der Waals surface area contributed by atoms with Gasteiger partial charge in [-0.25, -0.2) is 0 Å². The first-order valence-corrected chi connectivity index (χ1v) is 4.82. The van der Waals surface area contributed by atoms with Crippen molar-refractivity contribution in [2.45, 2.75) is 6.42 Å². The summed E-state index contributed by atoms with van der Waals surface area (Å²) in [6, 6.07) is 0. The van der Waals surface area contributed by atoms with Crippen LogP contribution in [0, 0.1) is 0 Å². The maximum Gasteiger partial charge on any atom is 0.205 e. The van der Waals surface area contributed by atoms with E-state index in [0.29, 0.717) is 0 Å². The molecule has 5 heteroatoms. The summed E-state index contributed by atoms with van der Waals surface area (Å²) in [5.74, 6) is 0. The first kappa shape index (κ1) is 9.41. The standard InChI is InChI=1S/C7H14N4S/c1-11(2)5-3-4-8-7-10-9-6-12-7/h6H,3-5H2,1-2H3,(H,8,10). The normalized spacial score (nSPS) is 10.6. The van der Waals surface area contributed by atoms with Crippen molar-refractivity contribution in [1.82, 2.24) is 15.1 Å². The molecule has 68 valence electrons. The zero-order chi connectivity index (χ0) is 8.81. The maximum absolute atomic E-state index is 3.88. The first-order chi connectivity index (χ1) is 5.79. The molecule has 12 heavy (non-hydrogen) atoms. The van der Waals surface area contributed by atoms with Gasteiger partial charge in [0, 0.05) is 6.54 Å². The van der Waals surface area contributed by atoms with Gasteiger partial charge in [0.2, 0.25) is 5.13 Å². The van der Waals surface area contributed by atoms with Crippen molar-refractivity contribution in [2.24, 2.45) is 0 Å². The van der Waals surface area contributed by atoms with Gasteiger partial charge in [-0.2, -0.15) is 0 Å². The molecule has 0 aliphatic rings. The van der Waals surface area contributed by atoms with Gasteiger partial charge in [-0.05, 0) is 27.1 Å². The lowest BCUT2D eigenvalue weighted by Gasteiger charge is -2.08. The fourth-order valence-electron chi connectivity index (χ4n) is 0.841.